The van der Waals surface area contributed by atoms with Crippen molar-refractivity contribution in [2.24, 2.45) is 5.92 Å². The van der Waals surface area contributed by atoms with E-state index in [9.17, 15) is 4.39 Å². The van der Waals surface area contributed by atoms with Crippen LogP contribution in [0.2, 0.25) is 0 Å². The summed E-state index contributed by atoms with van der Waals surface area (Å²) < 4.78 is 34.2. The van der Waals surface area contributed by atoms with Crippen molar-refractivity contribution in [3.63, 3.8) is 0 Å². The fourth-order valence-corrected chi connectivity index (χ4v) is 3.78. The highest BCUT2D eigenvalue weighted by Crippen LogP contribution is 2.44. The summed E-state index contributed by atoms with van der Waals surface area (Å²) in [5.74, 6) is 0.0137. The predicted octanol–water partition coefficient (Wildman–Crippen LogP) is 6.83. The topological polar surface area (TPSA) is 22.1 Å². The molecule has 1 aliphatic carbocycles. The predicted molar refractivity (Wildman–Crippen MR) is 111 cm³/mol. The molecule has 1 atom stereocenters. The first-order valence-corrected chi connectivity index (χ1v) is 12.0. The minimum Gasteiger partial charge on any atom is -0.305 e. The van der Waals surface area contributed by atoms with E-state index in [-0.39, 0.29) is 23.0 Å². The highest BCUT2D eigenvalue weighted by atomic mass is 127. The summed E-state index contributed by atoms with van der Waals surface area (Å²) in [5.41, 5.74) is 2.03. The largest absolute Gasteiger partial charge is 0.305 e. The van der Waals surface area contributed by atoms with Crippen molar-refractivity contribution in [1.29, 1.82) is 0 Å². The summed E-state index contributed by atoms with van der Waals surface area (Å²) in [6.45, 7) is 6.54. The zero-order valence-corrected chi connectivity index (χ0v) is 18.0. The molecule has 1 heterocycles. The Balaban J connectivity index is 2.12. The molecule has 1 aliphatic rings. The standard InChI is InChI=1S/C20H22F2INOS/c1-20(2,3)16-10-17(15(11-25-26-23)12-4-5-12)24-19(18(16)22)13-6-8-14(21)9-7-13/h6-10,12,15H,4-5,11H2,1-3H3. The van der Waals surface area contributed by atoms with Crippen molar-refractivity contribution in [3.8, 4) is 11.3 Å². The van der Waals surface area contributed by atoms with Gasteiger partial charge in [-0.15, -0.1) is 0 Å². The zero-order chi connectivity index (χ0) is 18.9. The van der Waals surface area contributed by atoms with E-state index in [0.29, 0.717) is 29.3 Å². The molecule has 1 aromatic carbocycles. The number of aromatic nitrogens is 1. The molecule has 0 bridgehead atoms. The summed E-state index contributed by atoms with van der Waals surface area (Å²) in [7, 11) is 1.31. The Bertz CT molecular complexity index is 773. The molecular formula is C20H22F2INOS. The number of nitrogens with zero attached hydrogens (tertiary/aromatic N) is 1. The lowest BCUT2D eigenvalue weighted by molar-refractivity contribution is 0.320. The van der Waals surface area contributed by atoms with Crippen molar-refractivity contribution in [2.45, 2.75) is 44.9 Å². The maximum Gasteiger partial charge on any atom is 0.153 e. The SMILES string of the molecule is CC(C)(C)c1cc(C(COSI)C2CC2)nc(-c2ccc(F)cc2)c1F. The Labute approximate surface area is 169 Å². The summed E-state index contributed by atoms with van der Waals surface area (Å²) >= 11 is 2.11. The smallest absolute Gasteiger partial charge is 0.153 e. The fourth-order valence-electron chi connectivity index (χ4n) is 3.14. The molecule has 140 valence electrons. The van der Waals surface area contributed by atoms with Crippen molar-refractivity contribution in [3.05, 3.63) is 53.2 Å². The summed E-state index contributed by atoms with van der Waals surface area (Å²) in [4.78, 5) is 4.67. The van der Waals surface area contributed by atoms with E-state index >= 15 is 4.39 Å². The summed E-state index contributed by atoms with van der Waals surface area (Å²) in [6, 6.07) is 7.75. The van der Waals surface area contributed by atoms with Crippen molar-refractivity contribution in [1.82, 2.24) is 4.98 Å². The van der Waals surface area contributed by atoms with Crippen LogP contribution in [0.5, 0.6) is 0 Å². The summed E-state index contributed by atoms with van der Waals surface area (Å²) in [5, 5.41) is 0. The van der Waals surface area contributed by atoms with E-state index in [4.69, 9.17) is 4.18 Å². The maximum atomic E-state index is 15.3. The quantitative estimate of drug-likeness (QED) is 0.328. The molecule has 6 heteroatoms. The van der Waals surface area contributed by atoms with E-state index in [1.807, 2.05) is 26.8 Å². The number of rotatable bonds is 6. The first-order chi connectivity index (χ1) is 12.3. The van der Waals surface area contributed by atoms with Crippen LogP contribution in [-0.4, -0.2) is 11.6 Å². The molecule has 2 nitrogen and oxygen atoms in total. The minimum absolute atomic E-state index is 0.151. The van der Waals surface area contributed by atoms with Gasteiger partial charge in [0.05, 0.1) is 15.8 Å². The zero-order valence-electron chi connectivity index (χ0n) is 15.1. The van der Waals surface area contributed by atoms with E-state index in [0.717, 1.165) is 18.5 Å². The van der Waals surface area contributed by atoms with E-state index in [2.05, 4.69) is 26.2 Å². The lowest BCUT2D eigenvalue weighted by atomic mass is 9.84. The Morgan fingerprint density at radius 3 is 2.42 bits per heavy atom. The third-order valence-electron chi connectivity index (χ3n) is 4.77. The van der Waals surface area contributed by atoms with E-state index < -0.39 is 0 Å². The molecule has 0 amide bonds. The van der Waals surface area contributed by atoms with Crippen LogP contribution in [-0.2, 0) is 9.60 Å². The molecule has 0 saturated heterocycles. The molecule has 0 aliphatic heterocycles. The number of hydrogen-bond donors (Lipinski definition) is 0. The molecule has 3 rings (SSSR count). The van der Waals surface area contributed by atoms with Gasteiger partial charge in [0, 0.05) is 38.4 Å². The first-order valence-electron chi connectivity index (χ1n) is 8.68. The molecule has 0 radical (unpaired) electrons. The van der Waals surface area contributed by atoms with Crippen LogP contribution in [0.4, 0.5) is 8.78 Å². The molecule has 1 fully saturated rings. The highest BCUT2D eigenvalue weighted by Gasteiger charge is 2.35. The van der Waals surface area contributed by atoms with Gasteiger partial charge in [0.1, 0.15) is 11.5 Å². The number of halogens is 3. The van der Waals surface area contributed by atoms with Gasteiger partial charge in [0.25, 0.3) is 0 Å². The summed E-state index contributed by atoms with van der Waals surface area (Å²) in [6.07, 6.45) is 2.30. The Hall–Kier alpha value is -0.730. The van der Waals surface area contributed by atoms with Crippen LogP contribution in [0.1, 0.15) is 50.8 Å². The average molecular weight is 489 g/mol. The van der Waals surface area contributed by atoms with Crippen LogP contribution >= 0.6 is 30.4 Å². The Morgan fingerprint density at radius 2 is 1.88 bits per heavy atom. The van der Waals surface area contributed by atoms with E-state index in [1.54, 1.807) is 12.1 Å². The Morgan fingerprint density at radius 1 is 1.23 bits per heavy atom. The number of hydrogen-bond acceptors (Lipinski definition) is 3. The van der Waals surface area contributed by atoms with Gasteiger partial charge in [-0.25, -0.2) is 13.8 Å². The second-order valence-corrected chi connectivity index (χ2v) is 9.25. The van der Waals surface area contributed by atoms with Crippen LogP contribution in [0, 0.1) is 17.6 Å². The fraction of sp³-hybridized carbons (Fsp3) is 0.450. The van der Waals surface area contributed by atoms with Gasteiger partial charge in [-0.2, -0.15) is 0 Å². The van der Waals surface area contributed by atoms with Gasteiger partial charge in [-0.1, -0.05) is 20.8 Å². The van der Waals surface area contributed by atoms with Gasteiger partial charge < -0.3 is 4.18 Å². The van der Waals surface area contributed by atoms with Crippen LogP contribution in [0.3, 0.4) is 0 Å². The van der Waals surface area contributed by atoms with Crippen LogP contribution in [0.15, 0.2) is 30.3 Å². The van der Waals surface area contributed by atoms with Gasteiger partial charge in [-0.05, 0) is 60.1 Å². The molecule has 1 unspecified atom stereocenters. The molecule has 0 N–H and O–H groups in total. The molecule has 1 aromatic heterocycles. The van der Waals surface area contributed by atoms with Gasteiger partial charge >= 0.3 is 0 Å². The first kappa shape index (κ1) is 20.0. The number of benzene rings is 1. The van der Waals surface area contributed by atoms with Gasteiger partial charge in [0.15, 0.2) is 5.82 Å². The monoisotopic (exact) mass is 489 g/mol. The van der Waals surface area contributed by atoms with Crippen molar-refractivity contribution < 1.29 is 13.0 Å². The van der Waals surface area contributed by atoms with Crippen molar-refractivity contribution >= 4 is 30.4 Å². The van der Waals surface area contributed by atoms with E-state index in [1.165, 1.54) is 21.3 Å². The van der Waals surface area contributed by atoms with Crippen LogP contribution in [0.25, 0.3) is 11.3 Å². The lowest BCUT2D eigenvalue weighted by Gasteiger charge is -2.24. The molecule has 0 spiro atoms. The average Bonchev–Trinajstić information content (AvgIpc) is 3.41. The lowest BCUT2D eigenvalue weighted by Crippen LogP contribution is -2.18. The second-order valence-electron chi connectivity index (χ2n) is 7.81. The molecule has 26 heavy (non-hydrogen) atoms. The Kier molecular flexibility index (Phi) is 6.24. The molecule has 2 aromatic rings. The van der Waals surface area contributed by atoms with Gasteiger partial charge in [-0.3, -0.25) is 0 Å². The maximum absolute atomic E-state index is 15.3. The van der Waals surface area contributed by atoms with Crippen LogP contribution < -0.4 is 0 Å². The third kappa shape index (κ3) is 4.57. The van der Waals surface area contributed by atoms with Crippen molar-refractivity contribution in [2.75, 3.05) is 6.61 Å². The second kappa shape index (κ2) is 8.10. The third-order valence-corrected chi connectivity index (χ3v) is 5.75. The number of pyridine rings is 1. The minimum atomic E-state index is -0.358. The normalized spacial score (nSPS) is 15.9. The molecule has 1 saturated carbocycles. The van der Waals surface area contributed by atoms with Gasteiger partial charge in [0.2, 0.25) is 0 Å². The molecular weight excluding hydrogens is 467 g/mol. The highest BCUT2D eigenvalue weighted by molar-refractivity contribution is 14.2.